The first-order valence-corrected chi connectivity index (χ1v) is 10.9. The fraction of sp³-hybridized carbons (Fsp3) is 0.480. The highest BCUT2D eigenvalue weighted by Gasteiger charge is 2.22. The predicted molar refractivity (Wildman–Crippen MR) is 119 cm³/mol. The van der Waals surface area contributed by atoms with E-state index in [0.717, 1.165) is 35.9 Å². The maximum absolute atomic E-state index is 12.8. The number of nitrogens with one attached hydrogen (secondary N) is 1. The minimum Gasteiger partial charge on any atom is -0.480 e. The molecule has 2 aromatic carbocycles. The van der Waals surface area contributed by atoms with Crippen LogP contribution in [0.4, 0.5) is 5.69 Å². The van der Waals surface area contributed by atoms with E-state index in [1.54, 1.807) is 0 Å². The van der Waals surface area contributed by atoms with E-state index < -0.39 is 6.10 Å². The minimum absolute atomic E-state index is 0.0625. The highest BCUT2D eigenvalue weighted by Crippen LogP contribution is 2.25. The Kier molecular flexibility index (Phi) is 7.18. The van der Waals surface area contributed by atoms with Crippen LogP contribution in [0.15, 0.2) is 48.5 Å². The van der Waals surface area contributed by atoms with Gasteiger partial charge < -0.3 is 15.0 Å². The van der Waals surface area contributed by atoms with Crippen molar-refractivity contribution in [3.8, 4) is 5.75 Å². The van der Waals surface area contributed by atoms with Gasteiger partial charge in [-0.1, -0.05) is 44.2 Å². The highest BCUT2D eigenvalue weighted by atomic mass is 16.5. The summed E-state index contributed by atoms with van der Waals surface area (Å²) in [6.07, 6.45) is 2.65. The minimum atomic E-state index is -0.492. The lowest BCUT2D eigenvalue weighted by molar-refractivity contribution is -0.128. The molecule has 1 saturated heterocycles. The molecule has 156 valence electrons. The smallest absolute Gasteiger partial charge is 0.261 e. The Morgan fingerprint density at radius 3 is 2.41 bits per heavy atom. The third-order valence-corrected chi connectivity index (χ3v) is 5.93. The number of hydrogen-bond donors (Lipinski definition) is 1. The number of carbonyl (C=O) groups is 1. The molecule has 4 heteroatoms. The lowest BCUT2D eigenvalue weighted by atomic mass is 9.98. The van der Waals surface area contributed by atoms with E-state index in [9.17, 15) is 4.79 Å². The summed E-state index contributed by atoms with van der Waals surface area (Å²) in [5.74, 6) is 1.52. The first-order valence-electron chi connectivity index (χ1n) is 10.9. The van der Waals surface area contributed by atoms with Gasteiger partial charge in [0.15, 0.2) is 6.10 Å². The topological polar surface area (TPSA) is 41.6 Å². The monoisotopic (exact) mass is 394 g/mol. The van der Waals surface area contributed by atoms with Crippen LogP contribution in [-0.4, -0.2) is 25.1 Å². The number of hydrogen-bond acceptors (Lipinski definition) is 3. The molecule has 1 aliphatic heterocycles. The van der Waals surface area contributed by atoms with Gasteiger partial charge in [0, 0.05) is 18.8 Å². The number of benzene rings is 2. The summed E-state index contributed by atoms with van der Waals surface area (Å²) in [6.45, 7) is 10.6. The number of para-hydroxylation sites is 1. The summed E-state index contributed by atoms with van der Waals surface area (Å²) in [7, 11) is 0. The van der Waals surface area contributed by atoms with Crippen molar-refractivity contribution >= 4 is 11.6 Å². The third-order valence-electron chi connectivity index (χ3n) is 5.93. The van der Waals surface area contributed by atoms with Crippen molar-refractivity contribution in [2.75, 3.05) is 18.0 Å². The van der Waals surface area contributed by atoms with Crippen molar-refractivity contribution in [2.24, 2.45) is 5.92 Å². The lowest BCUT2D eigenvalue weighted by Crippen LogP contribution is -2.39. The van der Waals surface area contributed by atoms with Gasteiger partial charge in [-0.2, -0.15) is 0 Å². The maximum atomic E-state index is 12.8. The van der Waals surface area contributed by atoms with Crippen molar-refractivity contribution < 1.29 is 9.53 Å². The number of carbonyl (C=O) groups excluding carboxylic acids is 1. The van der Waals surface area contributed by atoms with Crippen LogP contribution in [0.5, 0.6) is 5.75 Å². The zero-order valence-electron chi connectivity index (χ0n) is 18.2. The van der Waals surface area contributed by atoms with Gasteiger partial charge in [0.05, 0.1) is 6.04 Å². The van der Waals surface area contributed by atoms with Crippen LogP contribution < -0.4 is 15.0 Å². The lowest BCUT2D eigenvalue weighted by Gasteiger charge is -2.32. The molecule has 0 radical (unpaired) electrons. The van der Waals surface area contributed by atoms with E-state index in [4.69, 9.17) is 4.74 Å². The molecule has 4 nitrogen and oxygen atoms in total. The number of amides is 1. The number of anilines is 1. The van der Waals surface area contributed by atoms with Gasteiger partial charge in [0.1, 0.15) is 5.75 Å². The zero-order valence-corrected chi connectivity index (χ0v) is 18.2. The van der Waals surface area contributed by atoms with Crippen molar-refractivity contribution in [3.63, 3.8) is 0 Å². The molecule has 0 spiro atoms. The Morgan fingerprint density at radius 2 is 1.79 bits per heavy atom. The Bertz CT molecular complexity index is 795. The van der Waals surface area contributed by atoms with E-state index in [0.29, 0.717) is 6.42 Å². The molecule has 29 heavy (non-hydrogen) atoms. The molecule has 3 rings (SSSR count). The van der Waals surface area contributed by atoms with Crippen LogP contribution in [-0.2, 0) is 4.79 Å². The average molecular weight is 395 g/mol. The van der Waals surface area contributed by atoms with Crippen LogP contribution in [0.25, 0.3) is 0 Å². The van der Waals surface area contributed by atoms with Crippen LogP contribution in [0.1, 0.15) is 57.2 Å². The molecule has 0 bridgehead atoms. The summed E-state index contributed by atoms with van der Waals surface area (Å²) in [4.78, 5) is 15.2. The summed E-state index contributed by atoms with van der Waals surface area (Å²) in [5.41, 5.74) is 3.42. The Morgan fingerprint density at radius 1 is 1.14 bits per heavy atom. The standard InChI is InChI=1S/C25H34N2O2/c1-5-23(29-24-9-7-6-8-19(24)3)25(28)26-20(4)21-10-12-22(13-11-21)27-16-14-18(2)15-17-27/h6-13,18,20,23H,5,14-17H2,1-4H3,(H,26,28)/t20-,23+/m1/s1. The van der Waals surface area contributed by atoms with Crippen molar-refractivity contribution in [2.45, 2.75) is 59.1 Å². The van der Waals surface area contributed by atoms with Crippen LogP contribution in [0.2, 0.25) is 0 Å². The summed E-state index contributed by atoms with van der Waals surface area (Å²) >= 11 is 0. The van der Waals surface area contributed by atoms with Gasteiger partial charge in [-0.15, -0.1) is 0 Å². The highest BCUT2D eigenvalue weighted by molar-refractivity contribution is 5.81. The van der Waals surface area contributed by atoms with Gasteiger partial charge in [-0.05, 0) is 68.4 Å². The predicted octanol–water partition coefficient (Wildman–Crippen LogP) is 5.27. The molecule has 0 aliphatic carbocycles. The van der Waals surface area contributed by atoms with Gasteiger partial charge in [-0.3, -0.25) is 4.79 Å². The number of aryl methyl sites for hydroxylation is 1. The van der Waals surface area contributed by atoms with Crippen LogP contribution >= 0.6 is 0 Å². The second kappa shape index (κ2) is 9.82. The summed E-state index contributed by atoms with van der Waals surface area (Å²) < 4.78 is 5.98. The number of rotatable bonds is 7. The molecule has 2 atom stereocenters. The quantitative estimate of drug-likeness (QED) is 0.696. The summed E-state index contributed by atoms with van der Waals surface area (Å²) in [6, 6.07) is 16.3. The Labute approximate surface area is 175 Å². The molecule has 0 aromatic heterocycles. The van der Waals surface area contributed by atoms with Crippen molar-refractivity contribution in [1.29, 1.82) is 0 Å². The van der Waals surface area contributed by atoms with E-state index in [-0.39, 0.29) is 11.9 Å². The molecule has 1 fully saturated rings. The second-order valence-electron chi connectivity index (χ2n) is 8.27. The van der Waals surface area contributed by atoms with E-state index in [2.05, 4.69) is 41.4 Å². The fourth-order valence-corrected chi connectivity index (χ4v) is 3.79. The molecule has 1 amide bonds. The fourth-order valence-electron chi connectivity index (χ4n) is 3.79. The number of nitrogens with zero attached hydrogens (tertiary/aromatic N) is 1. The second-order valence-corrected chi connectivity index (χ2v) is 8.27. The van der Waals surface area contributed by atoms with E-state index in [1.165, 1.54) is 18.5 Å². The average Bonchev–Trinajstić information content (AvgIpc) is 2.73. The van der Waals surface area contributed by atoms with Crippen LogP contribution in [0.3, 0.4) is 0 Å². The molecule has 2 aromatic rings. The molecule has 1 aliphatic rings. The van der Waals surface area contributed by atoms with Crippen molar-refractivity contribution in [3.05, 3.63) is 59.7 Å². The number of piperidine rings is 1. The SMILES string of the molecule is CC[C@H](Oc1ccccc1C)C(=O)N[C@H](C)c1ccc(N2CCC(C)CC2)cc1. The maximum Gasteiger partial charge on any atom is 0.261 e. The molecular formula is C25H34N2O2. The van der Waals surface area contributed by atoms with Gasteiger partial charge in [0.2, 0.25) is 0 Å². The molecular weight excluding hydrogens is 360 g/mol. The molecule has 1 heterocycles. The zero-order chi connectivity index (χ0) is 20.8. The van der Waals surface area contributed by atoms with Crippen molar-refractivity contribution in [1.82, 2.24) is 5.32 Å². The van der Waals surface area contributed by atoms with E-state index >= 15 is 0 Å². The normalized spacial score (nSPS) is 16.9. The van der Waals surface area contributed by atoms with Crippen LogP contribution in [0, 0.1) is 12.8 Å². The van der Waals surface area contributed by atoms with Gasteiger partial charge in [0.25, 0.3) is 5.91 Å². The van der Waals surface area contributed by atoms with Gasteiger partial charge >= 0.3 is 0 Å². The van der Waals surface area contributed by atoms with E-state index in [1.807, 2.05) is 45.0 Å². The largest absolute Gasteiger partial charge is 0.480 e. The first-order chi connectivity index (χ1) is 14.0. The Hall–Kier alpha value is -2.49. The number of ether oxygens (including phenoxy) is 1. The first kappa shape index (κ1) is 21.2. The molecule has 0 unspecified atom stereocenters. The molecule has 0 saturated carbocycles. The molecule has 1 N–H and O–H groups in total. The van der Waals surface area contributed by atoms with Gasteiger partial charge in [-0.25, -0.2) is 0 Å². The third kappa shape index (κ3) is 5.53. The Balaban J connectivity index is 1.59. The summed E-state index contributed by atoms with van der Waals surface area (Å²) in [5, 5.41) is 3.11.